The summed E-state index contributed by atoms with van der Waals surface area (Å²) in [7, 11) is 0. The van der Waals surface area contributed by atoms with Crippen LogP contribution in [-0.2, 0) is 6.42 Å². The minimum absolute atomic E-state index is 0.0131. The smallest absolute Gasteiger partial charge is 0.228 e. The monoisotopic (exact) mass is 296 g/mol. The van der Waals surface area contributed by atoms with E-state index in [1.807, 2.05) is 19.1 Å². The zero-order valence-corrected chi connectivity index (χ0v) is 12.3. The zero-order chi connectivity index (χ0) is 12.7. The number of benzene rings is 1. The van der Waals surface area contributed by atoms with Crippen LogP contribution in [0, 0.1) is 6.92 Å². The molecule has 0 fully saturated rings. The molecular formula is C15H21BrO. The molecular weight excluding hydrogens is 276 g/mol. The molecule has 0 spiro atoms. The lowest BCUT2D eigenvalue weighted by molar-refractivity contribution is 0.109. The van der Waals surface area contributed by atoms with E-state index in [1.54, 1.807) is 0 Å². The van der Waals surface area contributed by atoms with Gasteiger partial charge in [-0.05, 0) is 46.8 Å². The van der Waals surface area contributed by atoms with Crippen molar-refractivity contribution in [2.75, 3.05) is 0 Å². The summed E-state index contributed by atoms with van der Waals surface area (Å²) in [5, 5.41) is 0. The Morgan fingerprint density at radius 2 is 1.88 bits per heavy atom. The van der Waals surface area contributed by atoms with Gasteiger partial charge in [0.1, 0.15) is 0 Å². The minimum Gasteiger partial charge on any atom is -0.281 e. The molecule has 0 aliphatic carbocycles. The number of unbranched alkanes of at least 4 members (excludes halogenated alkanes) is 4. The first-order valence-electron chi connectivity index (χ1n) is 6.45. The molecule has 0 heterocycles. The molecule has 1 nitrogen and oxygen atoms in total. The Bertz CT molecular complexity index is 371. The number of rotatable bonds is 7. The Balaban J connectivity index is 2.58. The molecule has 0 unspecified atom stereocenters. The summed E-state index contributed by atoms with van der Waals surface area (Å²) in [6.07, 6.45) is 7.35. The van der Waals surface area contributed by atoms with Gasteiger partial charge in [-0.25, -0.2) is 0 Å². The van der Waals surface area contributed by atoms with Gasteiger partial charge in [-0.1, -0.05) is 50.8 Å². The Kier molecular flexibility index (Phi) is 6.49. The lowest BCUT2D eigenvalue weighted by atomic mass is 9.98. The number of carbonyl (C=O) groups is 1. The van der Waals surface area contributed by atoms with Gasteiger partial charge in [0.15, 0.2) is 0 Å². The van der Waals surface area contributed by atoms with Crippen molar-refractivity contribution in [2.45, 2.75) is 52.4 Å². The van der Waals surface area contributed by atoms with E-state index >= 15 is 0 Å². The van der Waals surface area contributed by atoms with Gasteiger partial charge in [0.25, 0.3) is 0 Å². The third-order valence-electron chi connectivity index (χ3n) is 3.11. The maximum Gasteiger partial charge on any atom is 0.228 e. The molecule has 1 aromatic carbocycles. The molecule has 0 radical (unpaired) electrons. The van der Waals surface area contributed by atoms with Crippen molar-refractivity contribution in [2.24, 2.45) is 0 Å². The van der Waals surface area contributed by atoms with Crippen LogP contribution in [0.2, 0.25) is 0 Å². The van der Waals surface area contributed by atoms with Gasteiger partial charge in [0, 0.05) is 5.56 Å². The third-order valence-corrected chi connectivity index (χ3v) is 3.50. The fourth-order valence-electron chi connectivity index (χ4n) is 2.14. The van der Waals surface area contributed by atoms with E-state index < -0.39 is 0 Å². The molecule has 0 saturated heterocycles. The molecule has 2 heteroatoms. The highest BCUT2D eigenvalue weighted by molar-refractivity contribution is 9.18. The first kappa shape index (κ1) is 14.4. The lowest BCUT2D eigenvalue weighted by Crippen LogP contribution is -2.00. The first-order valence-corrected chi connectivity index (χ1v) is 7.24. The number of carbonyl (C=O) groups excluding carboxylic acids is 1. The molecule has 17 heavy (non-hydrogen) atoms. The van der Waals surface area contributed by atoms with Gasteiger partial charge >= 0.3 is 0 Å². The zero-order valence-electron chi connectivity index (χ0n) is 10.8. The number of hydrogen-bond donors (Lipinski definition) is 0. The number of aryl methyl sites for hydroxylation is 2. The Labute approximate surface area is 113 Å². The van der Waals surface area contributed by atoms with Crippen LogP contribution in [0.3, 0.4) is 0 Å². The summed E-state index contributed by atoms with van der Waals surface area (Å²) in [5.41, 5.74) is 3.12. The molecule has 0 aliphatic rings. The summed E-state index contributed by atoms with van der Waals surface area (Å²) in [4.78, 5) is 11.5. The minimum atomic E-state index is 0.0131. The average molecular weight is 297 g/mol. The summed E-state index contributed by atoms with van der Waals surface area (Å²) in [6, 6.07) is 6.10. The number of hydrogen-bond acceptors (Lipinski definition) is 1. The first-order chi connectivity index (χ1) is 8.16. The molecule has 0 bridgehead atoms. The van der Waals surface area contributed by atoms with E-state index in [-0.39, 0.29) is 4.69 Å². The number of halogens is 1. The van der Waals surface area contributed by atoms with Crippen LogP contribution in [0.15, 0.2) is 18.2 Å². The summed E-state index contributed by atoms with van der Waals surface area (Å²) in [5.74, 6) is 0. The molecule has 1 rings (SSSR count). The predicted octanol–water partition coefficient (Wildman–Crippen LogP) is 5.04. The molecule has 1 aromatic rings. The van der Waals surface area contributed by atoms with Gasteiger partial charge in [-0.15, -0.1) is 0 Å². The van der Waals surface area contributed by atoms with E-state index in [0.717, 1.165) is 17.5 Å². The topological polar surface area (TPSA) is 17.1 Å². The van der Waals surface area contributed by atoms with Crippen LogP contribution in [0.5, 0.6) is 0 Å². The van der Waals surface area contributed by atoms with Gasteiger partial charge in [0.05, 0.1) is 0 Å². The van der Waals surface area contributed by atoms with Crippen LogP contribution in [0.25, 0.3) is 0 Å². The van der Waals surface area contributed by atoms with Crippen molar-refractivity contribution in [3.63, 3.8) is 0 Å². The second kappa shape index (κ2) is 7.65. The van der Waals surface area contributed by atoms with Crippen LogP contribution in [0.1, 0.15) is 60.5 Å². The Morgan fingerprint density at radius 1 is 1.18 bits per heavy atom. The summed E-state index contributed by atoms with van der Waals surface area (Å²) >= 11 is 3.08. The molecule has 0 atom stereocenters. The second-order valence-electron chi connectivity index (χ2n) is 4.55. The maximum absolute atomic E-state index is 11.5. The maximum atomic E-state index is 11.5. The Morgan fingerprint density at radius 3 is 2.53 bits per heavy atom. The van der Waals surface area contributed by atoms with E-state index in [0.29, 0.717) is 0 Å². The van der Waals surface area contributed by atoms with Crippen molar-refractivity contribution in [3.05, 3.63) is 34.9 Å². The molecule has 94 valence electrons. The Hall–Kier alpha value is -0.630. The second-order valence-corrected chi connectivity index (χ2v) is 5.27. The van der Waals surface area contributed by atoms with Crippen LogP contribution >= 0.6 is 15.9 Å². The van der Waals surface area contributed by atoms with Crippen molar-refractivity contribution in [1.29, 1.82) is 0 Å². The SMILES string of the molecule is CCCCCCCc1cccc(C)c1C(=O)Br. The van der Waals surface area contributed by atoms with Gasteiger partial charge in [0.2, 0.25) is 4.69 Å². The normalized spacial score (nSPS) is 10.5. The van der Waals surface area contributed by atoms with Crippen molar-refractivity contribution in [3.8, 4) is 0 Å². The molecule has 0 N–H and O–H groups in total. The van der Waals surface area contributed by atoms with Crippen LogP contribution in [0.4, 0.5) is 0 Å². The third kappa shape index (κ3) is 4.63. The van der Waals surface area contributed by atoms with Crippen LogP contribution in [-0.4, -0.2) is 4.69 Å². The van der Waals surface area contributed by atoms with Crippen LogP contribution < -0.4 is 0 Å². The molecule has 0 aliphatic heterocycles. The highest BCUT2D eigenvalue weighted by Crippen LogP contribution is 2.20. The standard InChI is InChI=1S/C15H21BrO/c1-3-4-5-6-7-10-13-11-8-9-12(2)14(13)15(16)17/h8-9,11H,3-7,10H2,1-2H3. The van der Waals surface area contributed by atoms with E-state index in [2.05, 4.69) is 28.9 Å². The highest BCUT2D eigenvalue weighted by Gasteiger charge is 2.10. The molecule has 0 aromatic heterocycles. The highest BCUT2D eigenvalue weighted by atomic mass is 79.9. The van der Waals surface area contributed by atoms with Crippen molar-refractivity contribution >= 4 is 20.6 Å². The lowest BCUT2D eigenvalue weighted by Gasteiger charge is -2.09. The van der Waals surface area contributed by atoms with Gasteiger partial charge < -0.3 is 0 Å². The van der Waals surface area contributed by atoms with E-state index in [1.165, 1.54) is 37.7 Å². The summed E-state index contributed by atoms with van der Waals surface area (Å²) in [6.45, 7) is 4.22. The fourth-order valence-corrected chi connectivity index (χ4v) is 2.70. The van der Waals surface area contributed by atoms with Crippen molar-refractivity contribution in [1.82, 2.24) is 0 Å². The van der Waals surface area contributed by atoms with Gasteiger partial charge in [-0.2, -0.15) is 0 Å². The predicted molar refractivity (Wildman–Crippen MR) is 76.9 cm³/mol. The molecule has 0 amide bonds. The largest absolute Gasteiger partial charge is 0.281 e. The van der Waals surface area contributed by atoms with E-state index in [4.69, 9.17) is 0 Å². The molecule has 0 saturated carbocycles. The quantitative estimate of drug-likeness (QED) is 0.509. The summed E-state index contributed by atoms with van der Waals surface area (Å²) < 4.78 is 0.0131. The van der Waals surface area contributed by atoms with Gasteiger partial charge in [-0.3, -0.25) is 4.79 Å². The van der Waals surface area contributed by atoms with E-state index in [9.17, 15) is 4.79 Å². The van der Waals surface area contributed by atoms with Crippen molar-refractivity contribution < 1.29 is 4.79 Å². The fraction of sp³-hybridized carbons (Fsp3) is 0.533. The average Bonchev–Trinajstić information content (AvgIpc) is 2.28.